The Hall–Kier alpha value is -2.76. The second kappa shape index (κ2) is 21.5. The Morgan fingerprint density at radius 1 is 0.531 bits per heavy atom. The predicted octanol–water partition coefficient (Wildman–Crippen LogP) is 13.9. The highest BCUT2D eigenvalue weighted by Crippen LogP contribution is 2.51. The van der Waals surface area contributed by atoms with Gasteiger partial charge in [0.1, 0.15) is 22.2 Å². The summed E-state index contributed by atoms with van der Waals surface area (Å²) in [7, 11) is 0. The van der Waals surface area contributed by atoms with Gasteiger partial charge in [0.25, 0.3) is 0 Å². The minimum Gasteiger partial charge on any atom is -0.258 e. The number of nitro benzene ring substituents is 2. The number of benzene rings is 1. The Morgan fingerprint density at radius 2 is 0.857 bits per heavy atom. The summed E-state index contributed by atoms with van der Waals surface area (Å²) in [6.07, 6.45) is 27.0. The maximum atomic E-state index is 12.6. The lowest BCUT2D eigenvalue weighted by Crippen LogP contribution is -2.02. The third-order valence-electron chi connectivity index (χ3n) is 9.46. The normalized spacial score (nSPS) is 11.6. The molecule has 0 aliphatic carbocycles. The topological polar surface area (TPSA) is 112 Å². The van der Waals surface area contributed by atoms with E-state index in [4.69, 9.17) is 0 Å². The van der Waals surface area contributed by atoms with Crippen molar-refractivity contribution in [3.63, 3.8) is 0 Å². The Labute approximate surface area is 304 Å². The molecule has 8 nitrogen and oxygen atoms in total. The highest BCUT2D eigenvalue weighted by molar-refractivity contribution is 7.14. The number of nitro groups is 2. The minimum absolute atomic E-state index is 0.214. The molecule has 0 fully saturated rings. The van der Waals surface area contributed by atoms with Crippen molar-refractivity contribution >= 4 is 56.8 Å². The summed E-state index contributed by atoms with van der Waals surface area (Å²) in [6.45, 7) is 4.49. The van der Waals surface area contributed by atoms with Gasteiger partial charge in [-0.05, 0) is 59.7 Å². The van der Waals surface area contributed by atoms with E-state index in [2.05, 4.69) is 22.6 Å². The lowest BCUT2D eigenvalue weighted by Gasteiger charge is -2.07. The highest BCUT2D eigenvalue weighted by atomic mass is 32.1. The number of aryl methyl sites for hydroxylation is 2. The van der Waals surface area contributed by atoms with Gasteiger partial charge in [0.2, 0.25) is 0 Å². The number of aromatic nitrogens is 2. The second-order valence-electron chi connectivity index (χ2n) is 13.4. The van der Waals surface area contributed by atoms with E-state index in [1.165, 1.54) is 125 Å². The van der Waals surface area contributed by atoms with Crippen LogP contribution >= 0.6 is 34.4 Å². The fourth-order valence-electron chi connectivity index (χ4n) is 6.71. The molecular weight excluding hydrogens is 673 g/mol. The van der Waals surface area contributed by atoms with Crippen molar-refractivity contribution in [2.24, 2.45) is 0 Å². The average Bonchev–Trinajstić information content (AvgIpc) is 3.87. The smallest absolute Gasteiger partial charge is 0.258 e. The molecule has 4 aromatic rings. The van der Waals surface area contributed by atoms with E-state index in [-0.39, 0.29) is 11.1 Å². The van der Waals surface area contributed by atoms with Gasteiger partial charge < -0.3 is 0 Å². The maximum Gasteiger partial charge on any atom is 0.357 e. The SMILES string of the molecule is CCCCCCCCCCCCc1csc(-c2c([N+](=O)[O-])c([N+](=O)[O-])c(-c3cc(CCCCCCCCCCCC)cs3)c3nsnc23)c1. The fraction of sp³-hybridized carbons (Fsp3) is 0.632. The van der Waals surface area contributed by atoms with Crippen LogP contribution < -0.4 is 0 Å². The molecule has 3 aromatic heterocycles. The van der Waals surface area contributed by atoms with Gasteiger partial charge in [0.05, 0.1) is 21.6 Å². The first-order valence-corrected chi connectivity index (χ1v) is 21.2. The van der Waals surface area contributed by atoms with Crippen LogP contribution in [0.4, 0.5) is 11.4 Å². The summed E-state index contributed by atoms with van der Waals surface area (Å²) < 4.78 is 8.98. The highest BCUT2D eigenvalue weighted by Gasteiger charge is 2.39. The van der Waals surface area contributed by atoms with Crippen LogP contribution in [0.3, 0.4) is 0 Å². The molecule has 0 saturated carbocycles. The molecule has 0 aliphatic rings. The van der Waals surface area contributed by atoms with Crippen LogP contribution in [-0.2, 0) is 12.8 Å². The van der Waals surface area contributed by atoms with E-state index < -0.39 is 21.2 Å². The van der Waals surface area contributed by atoms with Gasteiger partial charge in [-0.25, -0.2) is 0 Å². The zero-order valence-corrected chi connectivity index (χ0v) is 32.0. The fourth-order valence-corrected chi connectivity index (χ4v) is 9.26. The summed E-state index contributed by atoms with van der Waals surface area (Å²) in [6, 6.07) is 3.91. The number of fused-ring (bicyclic) bond motifs is 1. The van der Waals surface area contributed by atoms with Crippen LogP contribution in [0, 0.1) is 20.2 Å². The Balaban J connectivity index is 1.43. The zero-order valence-electron chi connectivity index (χ0n) is 29.5. The lowest BCUT2D eigenvalue weighted by atomic mass is 9.99. The Bertz CT molecular complexity index is 1480. The van der Waals surface area contributed by atoms with Crippen molar-refractivity contribution in [2.75, 3.05) is 0 Å². The van der Waals surface area contributed by atoms with E-state index in [0.29, 0.717) is 20.8 Å². The quantitative estimate of drug-likeness (QED) is 0.0362. The van der Waals surface area contributed by atoms with Crippen molar-refractivity contribution in [3.05, 3.63) is 54.2 Å². The van der Waals surface area contributed by atoms with Crippen LogP contribution in [0.5, 0.6) is 0 Å². The molecule has 0 bridgehead atoms. The first-order chi connectivity index (χ1) is 24.0. The van der Waals surface area contributed by atoms with Gasteiger partial charge in [0, 0.05) is 9.75 Å². The van der Waals surface area contributed by atoms with Gasteiger partial charge in [-0.1, -0.05) is 129 Å². The standard InChI is InChI=1S/C38H54N4O4S3/c1-3-5-7-9-11-13-15-17-19-21-23-29-25-31(47-27-29)33-35-36(40-49-39-35)34(38(42(45)46)37(33)41(43)44)32-26-30(28-48-32)24-22-20-18-16-14-12-10-8-6-4-2/h25-28H,3-24H2,1-2H3. The number of hydrogen-bond acceptors (Lipinski definition) is 9. The van der Waals surface area contributed by atoms with Crippen molar-refractivity contribution in [1.82, 2.24) is 8.75 Å². The molecule has 0 unspecified atom stereocenters. The molecule has 3 heterocycles. The lowest BCUT2D eigenvalue weighted by molar-refractivity contribution is -0.421. The largest absolute Gasteiger partial charge is 0.357 e. The predicted molar refractivity (Wildman–Crippen MR) is 208 cm³/mol. The first-order valence-electron chi connectivity index (χ1n) is 18.7. The zero-order chi connectivity index (χ0) is 34.8. The van der Waals surface area contributed by atoms with Gasteiger partial charge in [0.15, 0.2) is 0 Å². The molecular formula is C38H54N4O4S3. The van der Waals surface area contributed by atoms with Crippen LogP contribution in [0.25, 0.3) is 31.9 Å². The van der Waals surface area contributed by atoms with E-state index in [1.807, 2.05) is 22.9 Å². The third-order valence-corrected chi connectivity index (χ3v) is 12.0. The van der Waals surface area contributed by atoms with Crippen molar-refractivity contribution < 1.29 is 9.85 Å². The van der Waals surface area contributed by atoms with Gasteiger partial charge in [-0.3, -0.25) is 20.2 Å². The van der Waals surface area contributed by atoms with E-state index in [0.717, 1.165) is 61.4 Å². The molecule has 0 aliphatic heterocycles. The average molecular weight is 727 g/mol. The molecule has 0 amide bonds. The van der Waals surface area contributed by atoms with E-state index >= 15 is 0 Å². The molecule has 0 atom stereocenters. The molecule has 0 radical (unpaired) electrons. The summed E-state index contributed by atoms with van der Waals surface area (Å²) in [5, 5.41) is 29.3. The molecule has 0 saturated heterocycles. The van der Waals surface area contributed by atoms with Crippen LogP contribution in [-0.4, -0.2) is 18.6 Å². The molecule has 268 valence electrons. The molecule has 4 rings (SSSR count). The number of nitrogens with zero attached hydrogens (tertiary/aromatic N) is 4. The van der Waals surface area contributed by atoms with Gasteiger partial charge >= 0.3 is 11.4 Å². The molecule has 11 heteroatoms. The van der Waals surface area contributed by atoms with Crippen molar-refractivity contribution in [1.29, 1.82) is 0 Å². The number of thiophene rings is 2. The summed E-state index contributed by atoms with van der Waals surface area (Å²) in [5.41, 5.74) is 2.40. The first kappa shape index (κ1) is 39.0. The van der Waals surface area contributed by atoms with Crippen LogP contribution in [0.15, 0.2) is 22.9 Å². The second-order valence-corrected chi connectivity index (χ2v) is 15.8. The molecule has 0 N–H and O–H groups in total. The van der Waals surface area contributed by atoms with Gasteiger partial charge in [-0.2, -0.15) is 8.75 Å². The Morgan fingerprint density at radius 3 is 1.18 bits per heavy atom. The summed E-state index contributed by atoms with van der Waals surface area (Å²) in [5.74, 6) is 0. The van der Waals surface area contributed by atoms with Crippen LogP contribution in [0.2, 0.25) is 0 Å². The van der Waals surface area contributed by atoms with Gasteiger partial charge in [-0.15, -0.1) is 22.7 Å². The Kier molecular flexibility index (Phi) is 17.1. The monoisotopic (exact) mass is 726 g/mol. The number of rotatable bonds is 26. The summed E-state index contributed by atoms with van der Waals surface area (Å²) >= 11 is 3.73. The minimum atomic E-state index is -0.601. The van der Waals surface area contributed by atoms with Crippen molar-refractivity contribution in [3.8, 4) is 20.9 Å². The van der Waals surface area contributed by atoms with Crippen LogP contribution in [0.1, 0.15) is 153 Å². The summed E-state index contributed by atoms with van der Waals surface area (Å²) in [4.78, 5) is 25.3. The molecule has 49 heavy (non-hydrogen) atoms. The molecule has 0 spiro atoms. The number of unbranched alkanes of at least 4 members (excludes halogenated alkanes) is 18. The molecule has 1 aromatic carbocycles. The van der Waals surface area contributed by atoms with E-state index in [9.17, 15) is 20.2 Å². The van der Waals surface area contributed by atoms with Crippen molar-refractivity contribution in [2.45, 2.75) is 155 Å². The van der Waals surface area contributed by atoms with E-state index in [1.54, 1.807) is 0 Å². The third kappa shape index (κ3) is 11.6. The number of hydrogen-bond donors (Lipinski definition) is 0. The maximum absolute atomic E-state index is 12.6.